The van der Waals surface area contributed by atoms with Crippen LogP contribution in [0.2, 0.25) is 0 Å². The van der Waals surface area contributed by atoms with Crippen molar-refractivity contribution in [2.75, 3.05) is 13.2 Å². The molecule has 3 rings (SSSR count). The van der Waals surface area contributed by atoms with E-state index in [2.05, 4.69) is 21.2 Å². The number of halogens is 2. The number of carbonyl (C=O) groups excluding carboxylic acids is 1. The summed E-state index contributed by atoms with van der Waals surface area (Å²) < 4.78 is 25.5. The molecule has 2 bridgehead atoms. The van der Waals surface area contributed by atoms with Crippen molar-refractivity contribution in [3.05, 3.63) is 46.4 Å². The second-order valence-electron chi connectivity index (χ2n) is 5.03. The van der Waals surface area contributed by atoms with Gasteiger partial charge in [-0.1, -0.05) is 15.9 Å². The van der Waals surface area contributed by atoms with E-state index in [1.807, 2.05) is 6.08 Å². The zero-order valence-electron chi connectivity index (χ0n) is 10.6. The van der Waals surface area contributed by atoms with Crippen LogP contribution in [0.1, 0.15) is 12.0 Å². The zero-order valence-corrected chi connectivity index (χ0v) is 12.2. The Morgan fingerprint density at radius 3 is 3.15 bits per heavy atom. The number of carbonyl (C=O) groups is 1. The highest BCUT2D eigenvalue weighted by Gasteiger charge is 2.42. The third kappa shape index (κ3) is 2.40. The summed E-state index contributed by atoms with van der Waals surface area (Å²) in [5.41, 5.74) is -0.519. The van der Waals surface area contributed by atoms with Gasteiger partial charge in [0.15, 0.2) is 0 Å². The van der Waals surface area contributed by atoms with Crippen LogP contribution in [0.4, 0.5) is 9.18 Å². The maximum absolute atomic E-state index is 14.2. The molecule has 0 saturated carbocycles. The van der Waals surface area contributed by atoms with Crippen molar-refractivity contribution in [2.45, 2.75) is 12.0 Å². The molecule has 1 fully saturated rings. The Bertz CT molecular complexity index is 578. The van der Waals surface area contributed by atoms with Crippen LogP contribution in [0.15, 0.2) is 35.0 Å². The third-order valence-electron chi connectivity index (χ3n) is 3.60. The van der Waals surface area contributed by atoms with Crippen LogP contribution in [-0.4, -0.2) is 19.3 Å². The molecule has 1 saturated heterocycles. The maximum atomic E-state index is 14.2. The number of nitrogens with one attached hydrogen (secondary N) is 1. The summed E-state index contributed by atoms with van der Waals surface area (Å²) in [7, 11) is 0. The molecule has 2 aliphatic heterocycles. The van der Waals surface area contributed by atoms with Gasteiger partial charge in [0, 0.05) is 16.0 Å². The third-order valence-corrected chi connectivity index (χ3v) is 4.09. The van der Waals surface area contributed by atoms with Gasteiger partial charge in [-0.05, 0) is 30.7 Å². The summed E-state index contributed by atoms with van der Waals surface area (Å²) in [6.45, 7) is 0.436. The summed E-state index contributed by atoms with van der Waals surface area (Å²) in [5.74, 6) is -0.380. The van der Waals surface area contributed by atoms with Crippen LogP contribution >= 0.6 is 15.9 Å². The van der Waals surface area contributed by atoms with Crippen molar-refractivity contribution in [2.24, 2.45) is 5.92 Å². The molecule has 106 valence electrons. The van der Waals surface area contributed by atoms with Crippen LogP contribution in [-0.2, 0) is 15.0 Å². The summed E-state index contributed by atoms with van der Waals surface area (Å²) >= 11 is 3.34. The zero-order chi connectivity index (χ0) is 14.2. The molecular formula is C14H13BrFNO3. The Balaban J connectivity index is 2.10. The Labute approximate surface area is 124 Å². The van der Waals surface area contributed by atoms with Crippen molar-refractivity contribution in [3.8, 4) is 0 Å². The van der Waals surface area contributed by atoms with Gasteiger partial charge in [-0.25, -0.2) is 9.18 Å². The van der Waals surface area contributed by atoms with E-state index in [0.717, 1.165) is 4.47 Å². The molecule has 1 aromatic carbocycles. The minimum Gasteiger partial charge on any atom is -0.499 e. The Hall–Kier alpha value is -1.56. The molecule has 6 heteroatoms. The van der Waals surface area contributed by atoms with Crippen molar-refractivity contribution in [1.29, 1.82) is 0 Å². The minimum atomic E-state index is -0.921. The summed E-state index contributed by atoms with van der Waals surface area (Å²) in [5, 5.41) is 2.76. The lowest BCUT2D eigenvalue weighted by atomic mass is 9.82. The monoisotopic (exact) mass is 341 g/mol. The molecular weight excluding hydrogens is 329 g/mol. The standard InChI is InChI=1S/C14H13BrFNO3/c15-10-1-2-12(16)11(5-10)14-6-9(3-4-19-8-14)7-20-13(18)17-14/h1-5,9H,6-8H2,(H,17,18)/t9-,14+/m0/s1. The van der Waals surface area contributed by atoms with E-state index >= 15 is 0 Å². The SMILES string of the molecule is O=C1N[C@@]2(c3cc(Br)ccc3F)COC=C[C@H](CO1)C2. The maximum Gasteiger partial charge on any atom is 0.407 e. The predicted molar refractivity (Wildman–Crippen MR) is 73.5 cm³/mol. The highest BCUT2D eigenvalue weighted by atomic mass is 79.9. The normalized spacial score (nSPS) is 28.7. The topological polar surface area (TPSA) is 47.6 Å². The quantitative estimate of drug-likeness (QED) is 0.853. The van der Waals surface area contributed by atoms with Gasteiger partial charge < -0.3 is 14.8 Å². The van der Waals surface area contributed by atoms with E-state index in [-0.39, 0.29) is 24.9 Å². The van der Waals surface area contributed by atoms with Gasteiger partial charge in [0.2, 0.25) is 0 Å². The molecule has 1 amide bonds. The van der Waals surface area contributed by atoms with Gasteiger partial charge in [0.25, 0.3) is 0 Å². The predicted octanol–water partition coefficient (Wildman–Crippen LogP) is 3.07. The molecule has 1 N–H and O–H groups in total. The molecule has 0 aromatic heterocycles. The first-order valence-corrected chi connectivity index (χ1v) is 7.07. The Morgan fingerprint density at radius 1 is 1.45 bits per heavy atom. The molecule has 2 atom stereocenters. The van der Waals surface area contributed by atoms with Crippen molar-refractivity contribution < 1.29 is 18.7 Å². The number of alkyl carbamates (subject to hydrolysis) is 1. The summed E-state index contributed by atoms with van der Waals surface area (Å²) in [4.78, 5) is 11.8. The second kappa shape index (κ2) is 5.09. The smallest absolute Gasteiger partial charge is 0.407 e. The Morgan fingerprint density at radius 2 is 2.30 bits per heavy atom. The van der Waals surface area contributed by atoms with Crippen molar-refractivity contribution in [3.63, 3.8) is 0 Å². The number of amides is 1. The van der Waals surface area contributed by atoms with Crippen molar-refractivity contribution in [1.82, 2.24) is 5.32 Å². The van der Waals surface area contributed by atoms with Crippen LogP contribution in [0, 0.1) is 11.7 Å². The molecule has 20 heavy (non-hydrogen) atoms. The highest BCUT2D eigenvalue weighted by Crippen LogP contribution is 2.36. The van der Waals surface area contributed by atoms with Crippen LogP contribution < -0.4 is 5.32 Å². The number of fused-ring (bicyclic) bond motifs is 2. The first-order valence-electron chi connectivity index (χ1n) is 6.28. The lowest BCUT2D eigenvalue weighted by Gasteiger charge is -2.32. The molecule has 4 nitrogen and oxygen atoms in total. The van der Waals surface area contributed by atoms with E-state index in [9.17, 15) is 9.18 Å². The number of ether oxygens (including phenoxy) is 2. The molecule has 0 unspecified atom stereocenters. The molecule has 1 aromatic rings. The van der Waals surface area contributed by atoms with Crippen molar-refractivity contribution >= 4 is 22.0 Å². The summed E-state index contributed by atoms with van der Waals surface area (Å²) in [6, 6.07) is 4.67. The first-order chi connectivity index (χ1) is 9.59. The van der Waals surface area contributed by atoms with E-state index in [0.29, 0.717) is 12.0 Å². The number of rotatable bonds is 1. The largest absolute Gasteiger partial charge is 0.499 e. The lowest BCUT2D eigenvalue weighted by molar-refractivity contribution is 0.121. The van der Waals surface area contributed by atoms with Gasteiger partial charge in [-0.3, -0.25) is 0 Å². The van der Waals surface area contributed by atoms with Gasteiger partial charge in [-0.15, -0.1) is 0 Å². The van der Waals surface area contributed by atoms with Crippen LogP contribution in [0.3, 0.4) is 0 Å². The lowest BCUT2D eigenvalue weighted by Crippen LogP contribution is -2.48. The van der Waals surface area contributed by atoms with Gasteiger partial charge in [-0.2, -0.15) is 0 Å². The van der Waals surface area contributed by atoms with Crippen LogP contribution in [0.5, 0.6) is 0 Å². The first kappa shape index (κ1) is 13.4. The molecule has 0 radical (unpaired) electrons. The molecule has 2 aliphatic rings. The number of cyclic esters (lactones) is 1. The number of benzene rings is 1. The average molecular weight is 342 g/mol. The van der Waals surface area contributed by atoms with Gasteiger partial charge >= 0.3 is 6.09 Å². The van der Waals surface area contributed by atoms with Crippen LogP contribution in [0.25, 0.3) is 0 Å². The second-order valence-corrected chi connectivity index (χ2v) is 5.95. The van der Waals surface area contributed by atoms with E-state index in [1.54, 1.807) is 18.4 Å². The van der Waals surface area contributed by atoms with Gasteiger partial charge in [0.1, 0.15) is 18.0 Å². The van der Waals surface area contributed by atoms with E-state index < -0.39 is 11.6 Å². The fourth-order valence-corrected chi connectivity index (χ4v) is 3.03. The molecule has 2 heterocycles. The minimum absolute atomic E-state index is 0.00479. The summed E-state index contributed by atoms with van der Waals surface area (Å²) in [6.07, 6.45) is 3.41. The highest BCUT2D eigenvalue weighted by molar-refractivity contribution is 9.10. The fraction of sp³-hybridized carbons (Fsp3) is 0.357. The number of hydrogen-bond acceptors (Lipinski definition) is 3. The Kier molecular flexibility index (Phi) is 3.41. The fourth-order valence-electron chi connectivity index (χ4n) is 2.67. The molecule has 0 aliphatic carbocycles. The van der Waals surface area contributed by atoms with E-state index in [4.69, 9.17) is 9.47 Å². The average Bonchev–Trinajstić information content (AvgIpc) is 2.72. The van der Waals surface area contributed by atoms with E-state index in [1.165, 1.54) is 6.07 Å². The molecule has 0 spiro atoms. The van der Waals surface area contributed by atoms with Gasteiger partial charge in [0.05, 0.1) is 12.9 Å². The number of hydrogen-bond donors (Lipinski definition) is 1.